The van der Waals surface area contributed by atoms with Crippen molar-refractivity contribution in [2.24, 2.45) is 11.1 Å². The van der Waals surface area contributed by atoms with Crippen molar-refractivity contribution in [2.45, 2.75) is 25.8 Å². The lowest BCUT2D eigenvalue weighted by Crippen LogP contribution is -2.51. The molecule has 1 amide bonds. The molecule has 2 N–H and O–H groups in total. The Balaban J connectivity index is 1.58. The number of nitrogens with two attached hydrogens (primary N) is 1. The lowest BCUT2D eigenvalue weighted by molar-refractivity contribution is -0.131. The van der Waals surface area contributed by atoms with E-state index in [0.717, 1.165) is 41.6 Å². The third-order valence-corrected chi connectivity index (χ3v) is 6.45. The number of hydrogen-bond donors (Lipinski definition) is 1. The Morgan fingerprint density at radius 2 is 1.85 bits per heavy atom. The van der Waals surface area contributed by atoms with Crippen LogP contribution in [-0.4, -0.2) is 48.1 Å². The number of piperidine rings is 1. The van der Waals surface area contributed by atoms with Crippen molar-refractivity contribution in [1.29, 1.82) is 0 Å². The number of amides is 1. The molecule has 0 bridgehead atoms. The van der Waals surface area contributed by atoms with Gasteiger partial charge in [-0.1, -0.05) is 30.3 Å². The van der Waals surface area contributed by atoms with Crippen molar-refractivity contribution in [2.75, 3.05) is 27.3 Å². The molecule has 1 saturated heterocycles. The van der Waals surface area contributed by atoms with Crippen LogP contribution in [-0.2, 0) is 17.8 Å². The summed E-state index contributed by atoms with van der Waals surface area (Å²) in [6.45, 7) is 2.23. The number of aromatic nitrogens is 2. The summed E-state index contributed by atoms with van der Waals surface area (Å²) in [7, 11) is 3.26. The summed E-state index contributed by atoms with van der Waals surface area (Å²) in [4.78, 5) is 23.5. The van der Waals surface area contributed by atoms with Crippen molar-refractivity contribution in [1.82, 2.24) is 14.9 Å². The first-order chi connectivity index (χ1) is 16.0. The standard InChI is InChI=1S/C26H30N4O3/c1-32-23-9-8-19(12-24(23)33-2)16-30-11-5-10-26(17-30,25(27)31)13-20-6-3-4-7-22(20)21-14-28-18-29-15-21/h3-4,6-9,12,14-15,18H,5,10-11,13,16-17H2,1-2H3,(H2,27,31)/t26-/m1/s1. The van der Waals surface area contributed by atoms with E-state index in [-0.39, 0.29) is 5.91 Å². The van der Waals surface area contributed by atoms with Crippen LogP contribution in [0.2, 0.25) is 0 Å². The molecule has 0 saturated carbocycles. The van der Waals surface area contributed by atoms with E-state index in [9.17, 15) is 4.79 Å². The molecule has 1 aromatic heterocycles. The van der Waals surface area contributed by atoms with E-state index in [1.54, 1.807) is 26.6 Å². The predicted molar refractivity (Wildman–Crippen MR) is 127 cm³/mol. The van der Waals surface area contributed by atoms with Gasteiger partial charge in [-0.15, -0.1) is 0 Å². The van der Waals surface area contributed by atoms with Gasteiger partial charge in [0, 0.05) is 31.0 Å². The van der Waals surface area contributed by atoms with Gasteiger partial charge < -0.3 is 15.2 Å². The summed E-state index contributed by atoms with van der Waals surface area (Å²) in [6.07, 6.45) is 7.37. The molecule has 0 spiro atoms. The fourth-order valence-corrected chi connectivity index (χ4v) is 4.79. The average Bonchev–Trinajstić information content (AvgIpc) is 2.85. The van der Waals surface area contributed by atoms with Crippen molar-refractivity contribution < 1.29 is 14.3 Å². The zero-order valence-corrected chi connectivity index (χ0v) is 19.2. The first kappa shape index (κ1) is 22.7. The third-order valence-electron chi connectivity index (χ3n) is 6.45. The average molecular weight is 447 g/mol. The highest BCUT2D eigenvalue weighted by atomic mass is 16.5. The van der Waals surface area contributed by atoms with Crippen molar-refractivity contribution >= 4 is 5.91 Å². The molecule has 3 aromatic rings. The fourth-order valence-electron chi connectivity index (χ4n) is 4.79. The number of nitrogens with zero attached hydrogens (tertiary/aromatic N) is 3. The van der Waals surface area contributed by atoms with E-state index in [4.69, 9.17) is 15.2 Å². The van der Waals surface area contributed by atoms with Gasteiger partial charge in [0.05, 0.1) is 19.6 Å². The number of primary amides is 1. The molecule has 1 fully saturated rings. The highest BCUT2D eigenvalue weighted by Crippen LogP contribution is 2.37. The second-order valence-electron chi connectivity index (χ2n) is 8.61. The maximum absolute atomic E-state index is 12.8. The Kier molecular flexibility index (Phi) is 6.89. The zero-order valence-electron chi connectivity index (χ0n) is 19.2. The molecule has 2 heterocycles. The fraction of sp³-hybridized carbons (Fsp3) is 0.346. The monoisotopic (exact) mass is 446 g/mol. The molecular weight excluding hydrogens is 416 g/mol. The maximum Gasteiger partial charge on any atom is 0.225 e. The Morgan fingerprint density at radius 3 is 2.58 bits per heavy atom. The second kappa shape index (κ2) is 10.0. The van der Waals surface area contributed by atoms with Crippen LogP contribution >= 0.6 is 0 Å². The number of carbonyl (C=O) groups excluding carboxylic acids is 1. The van der Waals surface area contributed by atoms with Gasteiger partial charge in [0.2, 0.25) is 5.91 Å². The molecule has 1 aliphatic heterocycles. The van der Waals surface area contributed by atoms with Crippen LogP contribution in [0.3, 0.4) is 0 Å². The number of rotatable bonds is 8. The highest BCUT2D eigenvalue weighted by molar-refractivity contribution is 5.82. The summed E-state index contributed by atoms with van der Waals surface area (Å²) in [5.74, 6) is 1.15. The quantitative estimate of drug-likeness (QED) is 0.570. The van der Waals surface area contributed by atoms with E-state index in [0.29, 0.717) is 31.0 Å². The molecule has 0 unspecified atom stereocenters. The molecule has 0 radical (unpaired) electrons. The number of carbonyl (C=O) groups is 1. The van der Waals surface area contributed by atoms with Gasteiger partial charge in [-0.2, -0.15) is 0 Å². The molecule has 1 atom stereocenters. The van der Waals surface area contributed by atoms with Crippen LogP contribution < -0.4 is 15.2 Å². The summed E-state index contributed by atoms with van der Waals surface area (Å²) in [6, 6.07) is 14.1. The molecule has 7 heteroatoms. The minimum Gasteiger partial charge on any atom is -0.493 e. The smallest absolute Gasteiger partial charge is 0.225 e. The van der Waals surface area contributed by atoms with Crippen molar-refractivity contribution in [3.05, 3.63) is 72.3 Å². The van der Waals surface area contributed by atoms with E-state index < -0.39 is 5.41 Å². The Bertz CT molecular complexity index is 1110. The van der Waals surface area contributed by atoms with Crippen LogP contribution in [0, 0.1) is 5.41 Å². The van der Waals surface area contributed by atoms with Crippen LogP contribution in [0.4, 0.5) is 0 Å². The minimum absolute atomic E-state index is 0.251. The van der Waals surface area contributed by atoms with E-state index in [1.807, 2.05) is 36.4 Å². The number of methoxy groups -OCH3 is 2. The van der Waals surface area contributed by atoms with Crippen LogP contribution in [0.1, 0.15) is 24.0 Å². The SMILES string of the molecule is COc1ccc(CN2CCC[C@](Cc3ccccc3-c3cncnc3)(C(N)=O)C2)cc1OC. The summed E-state index contributed by atoms with van der Waals surface area (Å²) < 4.78 is 10.8. The Hall–Kier alpha value is -3.45. The summed E-state index contributed by atoms with van der Waals surface area (Å²) >= 11 is 0. The van der Waals surface area contributed by atoms with Gasteiger partial charge in [-0.25, -0.2) is 9.97 Å². The second-order valence-corrected chi connectivity index (χ2v) is 8.61. The predicted octanol–water partition coefficient (Wildman–Crippen LogP) is 3.47. The zero-order chi connectivity index (χ0) is 23.3. The van der Waals surface area contributed by atoms with Gasteiger partial charge in [-0.05, 0) is 54.6 Å². The topological polar surface area (TPSA) is 90.6 Å². The molecule has 2 aromatic carbocycles. The lowest BCUT2D eigenvalue weighted by Gasteiger charge is -2.41. The largest absolute Gasteiger partial charge is 0.493 e. The van der Waals surface area contributed by atoms with E-state index in [2.05, 4.69) is 20.9 Å². The summed E-state index contributed by atoms with van der Waals surface area (Å²) in [5, 5.41) is 0. The Morgan fingerprint density at radius 1 is 1.09 bits per heavy atom. The first-order valence-electron chi connectivity index (χ1n) is 11.1. The molecule has 1 aliphatic rings. The molecule has 4 rings (SSSR count). The third kappa shape index (κ3) is 4.98. The molecule has 172 valence electrons. The number of ether oxygens (including phenoxy) is 2. The van der Waals surface area contributed by atoms with Crippen LogP contribution in [0.5, 0.6) is 11.5 Å². The highest BCUT2D eigenvalue weighted by Gasteiger charge is 2.41. The maximum atomic E-state index is 12.8. The van der Waals surface area contributed by atoms with Gasteiger partial charge in [0.25, 0.3) is 0 Å². The Labute approximate surface area is 194 Å². The van der Waals surface area contributed by atoms with Crippen molar-refractivity contribution in [3.63, 3.8) is 0 Å². The number of benzene rings is 2. The van der Waals surface area contributed by atoms with Crippen LogP contribution in [0.25, 0.3) is 11.1 Å². The summed E-state index contributed by atoms with van der Waals surface area (Å²) in [5.41, 5.74) is 9.58. The molecule has 0 aliphatic carbocycles. The number of likely N-dealkylation sites (tertiary alicyclic amines) is 1. The van der Waals surface area contributed by atoms with Crippen molar-refractivity contribution in [3.8, 4) is 22.6 Å². The van der Waals surface area contributed by atoms with E-state index in [1.165, 1.54) is 6.33 Å². The van der Waals surface area contributed by atoms with Gasteiger partial charge in [0.1, 0.15) is 6.33 Å². The van der Waals surface area contributed by atoms with Crippen LogP contribution in [0.15, 0.2) is 61.2 Å². The first-order valence-corrected chi connectivity index (χ1v) is 11.1. The normalized spacial score (nSPS) is 18.6. The number of hydrogen-bond acceptors (Lipinski definition) is 6. The lowest BCUT2D eigenvalue weighted by atomic mass is 9.73. The molecular formula is C26H30N4O3. The molecule has 33 heavy (non-hydrogen) atoms. The minimum atomic E-state index is -0.638. The van der Waals surface area contributed by atoms with Gasteiger partial charge >= 0.3 is 0 Å². The van der Waals surface area contributed by atoms with E-state index >= 15 is 0 Å². The molecule has 7 nitrogen and oxygen atoms in total. The van der Waals surface area contributed by atoms with Gasteiger partial charge in [0.15, 0.2) is 11.5 Å². The van der Waals surface area contributed by atoms with Gasteiger partial charge in [-0.3, -0.25) is 9.69 Å².